The molecule has 1 aromatic heterocycles. The van der Waals surface area contributed by atoms with Crippen LogP contribution in [0.15, 0.2) is 60.7 Å². The highest BCUT2D eigenvalue weighted by atomic mass is 35.5. The van der Waals surface area contributed by atoms with E-state index in [1.54, 1.807) is 7.11 Å². The molecule has 5 rings (SSSR count). The van der Waals surface area contributed by atoms with Crippen molar-refractivity contribution in [2.24, 2.45) is 0 Å². The number of fused-ring (bicyclic) bond motifs is 3. The molecule has 1 atom stereocenters. The molecule has 33 heavy (non-hydrogen) atoms. The van der Waals surface area contributed by atoms with Gasteiger partial charge in [0.05, 0.1) is 19.8 Å². The first-order valence-corrected chi connectivity index (χ1v) is 11.6. The molecule has 0 saturated carbocycles. The first-order valence-electron chi connectivity index (χ1n) is 11.2. The van der Waals surface area contributed by atoms with Crippen molar-refractivity contribution in [2.75, 3.05) is 20.3 Å². The zero-order chi connectivity index (χ0) is 22.8. The van der Waals surface area contributed by atoms with Crippen LogP contribution in [0.4, 0.5) is 0 Å². The third-order valence-corrected chi connectivity index (χ3v) is 6.47. The predicted octanol–water partition coefficient (Wildman–Crippen LogP) is 6.04. The third-order valence-electron chi connectivity index (χ3n) is 6.10. The zero-order valence-electron chi connectivity index (χ0n) is 18.8. The van der Waals surface area contributed by atoms with Gasteiger partial charge in [0.15, 0.2) is 11.5 Å². The topological polar surface area (TPSA) is 55.5 Å². The molecule has 1 aliphatic heterocycles. The van der Waals surface area contributed by atoms with Crippen molar-refractivity contribution >= 4 is 22.5 Å². The highest BCUT2D eigenvalue weighted by molar-refractivity contribution is 6.31. The summed E-state index contributed by atoms with van der Waals surface area (Å²) in [6.07, 6.45) is 0.969. The van der Waals surface area contributed by atoms with Crippen molar-refractivity contribution in [1.29, 1.82) is 0 Å². The third kappa shape index (κ3) is 4.26. The van der Waals surface area contributed by atoms with Crippen molar-refractivity contribution in [3.05, 3.63) is 88.1 Å². The minimum Gasteiger partial charge on any atom is -0.497 e. The standard InChI is InChI=1S/C27H27ClN2O3/c1-3-32-25-14-17(8-11-24(25)33-16-18-6-4-5-7-22(18)28)26-27-20(12-13-29-26)21-15-19(31-2)9-10-23(21)30-27/h4-11,14-15,26,29-30H,3,12-13,16H2,1-2H3/t26-/m0/s1. The molecule has 0 fully saturated rings. The normalized spacial score (nSPS) is 15.3. The van der Waals surface area contributed by atoms with E-state index in [9.17, 15) is 0 Å². The fraction of sp³-hybridized carbons (Fsp3) is 0.259. The van der Waals surface area contributed by atoms with Crippen LogP contribution in [-0.4, -0.2) is 25.2 Å². The Labute approximate surface area is 198 Å². The molecule has 0 bridgehead atoms. The summed E-state index contributed by atoms with van der Waals surface area (Å²) in [6, 6.07) is 20.1. The summed E-state index contributed by atoms with van der Waals surface area (Å²) >= 11 is 6.29. The van der Waals surface area contributed by atoms with E-state index in [0.717, 1.165) is 41.1 Å². The number of halogens is 1. The van der Waals surface area contributed by atoms with Gasteiger partial charge in [-0.3, -0.25) is 0 Å². The average Bonchev–Trinajstić information content (AvgIpc) is 3.22. The van der Waals surface area contributed by atoms with Gasteiger partial charge < -0.3 is 24.5 Å². The van der Waals surface area contributed by atoms with E-state index in [0.29, 0.717) is 24.0 Å². The van der Waals surface area contributed by atoms with Gasteiger partial charge >= 0.3 is 0 Å². The number of H-pyrrole nitrogens is 1. The second kappa shape index (κ2) is 9.38. The first-order chi connectivity index (χ1) is 16.2. The first kappa shape index (κ1) is 21.7. The Bertz CT molecular complexity index is 1280. The van der Waals surface area contributed by atoms with Crippen LogP contribution in [-0.2, 0) is 13.0 Å². The number of methoxy groups -OCH3 is 1. The molecule has 170 valence electrons. The molecule has 0 spiro atoms. The van der Waals surface area contributed by atoms with E-state index in [1.807, 2.05) is 43.3 Å². The van der Waals surface area contributed by atoms with E-state index in [-0.39, 0.29) is 6.04 Å². The quantitative estimate of drug-likeness (QED) is 0.351. The van der Waals surface area contributed by atoms with Crippen LogP contribution in [0, 0.1) is 0 Å². The Hall–Kier alpha value is -3.15. The summed E-state index contributed by atoms with van der Waals surface area (Å²) in [4.78, 5) is 3.63. The molecule has 0 aliphatic carbocycles. The minimum atomic E-state index is 0.0453. The van der Waals surface area contributed by atoms with Crippen LogP contribution in [0.1, 0.15) is 35.3 Å². The van der Waals surface area contributed by atoms with Crippen LogP contribution in [0.2, 0.25) is 5.02 Å². The summed E-state index contributed by atoms with van der Waals surface area (Å²) in [5.41, 5.74) is 5.72. The van der Waals surface area contributed by atoms with E-state index in [2.05, 4.69) is 34.6 Å². The van der Waals surface area contributed by atoms with Crippen molar-refractivity contribution in [2.45, 2.75) is 26.0 Å². The Balaban J connectivity index is 1.46. The smallest absolute Gasteiger partial charge is 0.161 e. The highest BCUT2D eigenvalue weighted by Gasteiger charge is 2.26. The molecular weight excluding hydrogens is 436 g/mol. The van der Waals surface area contributed by atoms with Crippen LogP contribution in [0.5, 0.6) is 17.2 Å². The Morgan fingerprint density at radius 1 is 1.00 bits per heavy atom. The molecule has 0 saturated heterocycles. The van der Waals surface area contributed by atoms with Crippen LogP contribution in [0.25, 0.3) is 10.9 Å². The minimum absolute atomic E-state index is 0.0453. The molecule has 2 N–H and O–H groups in total. The maximum absolute atomic E-state index is 6.29. The van der Waals surface area contributed by atoms with Gasteiger partial charge in [0.2, 0.25) is 0 Å². The molecule has 0 radical (unpaired) electrons. The zero-order valence-corrected chi connectivity index (χ0v) is 19.5. The number of nitrogens with one attached hydrogen (secondary N) is 2. The van der Waals surface area contributed by atoms with Gasteiger partial charge in [-0.1, -0.05) is 35.9 Å². The van der Waals surface area contributed by atoms with Gasteiger partial charge in [-0.05, 0) is 60.9 Å². The number of hydrogen-bond donors (Lipinski definition) is 2. The van der Waals surface area contributed by atoms with Crippen LogP contribution < -0.4 is 19.5 Å². The second-order valence-corrected chi connectivity index (χ2v) is 8.49. The van der Waals surface area contributed by atoms with E-state index in [4.69, 9.17) is 25.8 Å². The number of benzene rings is 3. The number of hydrogen-bond acceptors (Lipinski definition) is 4. The van der Waals surface area contributed by atoms with Gasteiger partial charge in [0.25, 0.3) is 0 Å². The molecule has 0 amide bonds. The van der Waals surface area contributed by atoms with Gasteiger partial charge in [-0.2, -0.15) is 0 Å². The summed E-state index contributed by atoms with van der Waals surface area (Å²) in [6.45, 7) is 3.82. The Morgan fingerprint density at radius 2 is 1.88 bits per heavy atom. The van der Waals surface area contributed by atoms with Gasteiger partial charge in [0.1, 0.15) is 12.4 Å². The monoisotopic (exact) mass is 462 g/mol. The molecule has 2 heterocycles. The molecule has 1 aliphatic rings. The largest absolute Gasteiger partial charge is 0.497 e. The average molecular weight is 463 g/mol. The fourth-order valence-corrected chi connectivity index (χ4v) is 4.67. The number of aromatic amines is 1. The lowest BCUT2D eigenvalue weighted by Gasteiger charge is -2.25. The lowest BCUT2D eigenvalue weighted by Crippen LogP contribution is -2.30. The highest BCUT2D eigenvalue weighted by Crippen LogP contribution is 2.38. The Morgan fingerprint density at radius 3 is 2.70 bits per heavy atom. The SMILES string of the molecule is CCOc1cc([C@@H]2NCCc3c2[nH]c2ccc(OC)cc32)ccc1OCc1ccccc1Cl. The van der Waals surface area contributed by atoms with Crippen molar-refractivity contribution in [3.8, 4) is 17.2 Å². The summed E-state index contributed by atoms with van der Waals surface area (Å²) in [5.74, 6) is 2.31. The summed E-state index contributed by atoms with van der Waals surface area (Å²) < 4.78 is 17.5. The van der Waals surface area contributed by atoms with Crippen LogP contribution >= 0.6 is 11.6 Å². The maximum Gasteiger partial charge on any atom is 0.161 e. The lowest BCUT2D eigenvalue weighted by atomic mass is 9.94. The summed E-state index contributed by atoms with van der Waals surface area (Å²) in [7, 11) is 1.70. The molecule has 3 aromatic carbocycles. The molecular formula is C27H27ClN2O3. The van der Waals surface area contributed by atoms with E-state index < -0.39 is 0 Å². The fourth-order valence-electron chi connectivity index (χ4n) is 4.48. The lowest BCUT2D eigenvalue weighted by molar-refractivity contribution is 0.269. The predicted molar refractivity (Wildman–Crippen MR) is 132 cm³/mol. The second-order valence-electron chi connectivity index (χ2n) is 8.09. The molecule has 0 unspecified atom stereocenters. The van der Waals surface area contributed by atoms with Crippen molar-refractivity contribution in [3.63, 3.8) is 0 Å². The number of aromatic nitrogens is 1. The van der Waals surface area contributed by atoms with E-state index >= 15 is 0 Å². The van der Waals surface area contributed by atoms with Crippen molar-refractivity contribution in [1.82, 2.24) is 10.3 Å². The van der Waals surface area contributed by atoms with Crippen LogP contribution in [0.3, 0.4) is 0 Å². The summed E-state index contributed by atoms with van der Waals surface area (Å²) in [5, 5.41) is 5.58. The maximum atomic E-state index is 6.29. The van der Waals surface area contributed by atoms with E-state index in [1.165, 1.54) is 16.6 Å². The number of ether oxygens (including phenoxy) is 3. The number of rotatable bonds is 7. The van der Waals surface area contributed by atoms with Crippen molar-refractivity contribution < 1.29 is 14.2 Å². The molecule has 4 aromatic rings. The Kier molecular flexibility index (Phi) is 6.16. The van der Waals surface area contributed by atoms with Gasteiger partial charge in [-0.15, -0.1) is 0 Å². The molecule has 5 nitrogen and oxygen atoms in total. The van der Waals surface area contributed by atoms with Gasteiger partial charge in [-0.25, -0.2) is 0 Å². The molecule has 6 heteroatoms. The van der Waals surface area contributed by atoms with Gasteiger partial charge in [0, 0.05) is 33.7 Å².